The fourth-order valence-electron chi connectivity index (χ4n) is 2.70. The van der Waals surface area contributed by atoms with Gasteiger partial charge in [-0.3, -0.25) is 4.90 Å². The lowest BCUT2D eigenvalue weighted by Gasteiger charge is -2.33. The second kappa shape index (κ2) is 4.17. The molecule has 3 atom stereocenters. The number of benzene rings is 1. The molecule has 2 heterocycles. The summed E-state index contributed by atoms with van der Waals surface area (Å²) in [6, 6.07) is 10.5. The lowest BCUT2D eigenvalue weighted by Crippen LogP contribution is -2.47. The summed E-state index contributed by atoms with van der Waals surface area (Å²) in [4.78, 5) is 2.38. The Balaban J connectivity index is 1.66. The van der Waals surface area contributed by atoms with Crippen LogP contribution in [0.25, 0.3) is 0 Å². The second-order valence-electron chi connectivity index (χ2n) is 4.80. The maximum atomic E-state index is 9.84. The first-order valence-electron chi connectivity index (χ1n) is 5.89. The average Bonchev–Trinajstić information content (AvgIpc) is 2.54. The van der Waals surface area contributed by atoms with Crippen LogP contribution in [0.5, 0.6) is 0 Å². The number of piperidine rings is 1. The van der Waals surface area contributed by atoms with Crippen LogP contribution >= 0.6 is 0 Å². The number of hydrogen-bond donors (Lipinski definition) is 1. The van der Waals surface area contributed by atoms with E-state index in [1.807, 2.05) is 6.07 Å². The third kappa shape index (κ3) is 1.86. The van der Waals surface area contributed by atoms with Crippen molar-refractivity contribution in [3.05, 3.63) is 35.9 Å². The predicted octanol–water partition coefficient (Wildman–Crippen LogP) is 0.878. The minimum Gasteiger partial charge on any atom is -0.390 e. The molecule has 0 aromatic heterocycles. The summed E-state index contributed by atoms with van der Waals surface area (Å²) < 4.78 is 5.57. The summed E-state index contributed by atoms with van der Waals surface area (Å²) in [6.07, 6.45) is -0.213. The highest BCUT2D eigenvalue weighted by atomic mass is 16.5. The van der Waals surface area contributed by atoms with Crippen LogP contribution in [0.1, 0.15) is 5.56 Å². The number of likely N-dealkylation sites (tertiary alicyclic amines) is 1. The Labute approximate surface area is 95.6 Å². The summed E-state index contributed by atoms with van der Waals surface area (Å²) in [6.45, 7) is 3.49. The fraction of sp³-hybridized carbons (Fsp3) is 0.538. The van der Waals surface area contributed by atoms with Gasteiger partial charge in [0.15, 0.2) is 0 Å². The molecule has 2 aliphatic rings. The van der Waals surface area contributed by atoms with Crippen LogP contribution in [0.2, 0.25) is 0 Å². The van der Waals surface area contributed by atoms with Crippen molar-refractivity contribution >= 4 is 0 Å². The largest absolute Gasteiger partial charge is 0.390 e. The van der Waals surface area contributed by atoms with Gasteiger partial charge >= 0.3 is 0 Å². The van der Waals surface area contributed by atoms with E-state index in [2.05, 4.69) is 29.2 Å². The van der Waals surface area contributed by atoms with Gasteiger partial charge in [0.2, 0.25) is 0 Å². The molecular weight excluding hydrogens is 202 g/mol. The highest BCUT2D eigenvalue weighted by molar-refractivity contribution is 5.14. The van der Waals surface area contributed by atoms with Crippen LogP contribution in [-0.2, 0) is 11.3 Å². The SMILES string of the molecule is OC1[C@@H]2CO[C@H]1CN(Cc1ccccc1)C2. The quantitative estimate of drug-likeness (QED) is 0.801. The smallest absolute Gasteiger partial charge is 0.0964 e. The Morgan fingerprint density at radius 2 is 2.06 bits per heavy atom. The lowest BCUT2D eigenvalue weighted by atomic mass is 9.96. The number of nitrogens with zero attached hydrogens (tertiary/aromatic N) is 1. The van der Waals surface area contributed by atoms with Gasteiger partial charge in [-0.05, 0) is 5.56 Å². The van der Waals surface area contributed by atoms with E-state index >= 15 is 0 Å². The summed E-state index contributed by atoms with van der Waals surface area (Å²) in [5, 5.41) is 9.84. The Morgan fingerprint density at radius 3 is 2.81 bits per heavy atom. The maximum absolute atomic E-state index is 9.84. The van der Waals surface area contributed by atoms with Gasteiger partial charge in [-0.1, -0.05) is 30.3 Å². The van der Waals surface area contributed by atoms with Crippen LogP contribution in [0.15, 0.2) is 30.3 Å². The molecule has 2 fully saturated rings. The first kappa shape index (κ1) is 10.3. The van der Waals surface area contributed by atoms with E-state index < -0.39 is 0 Å². The summed E-state index contributed by atoms with van der Waals surface area (Å²) in [7, 11) is 0. The maximum Gasteiger partial charge on any atom is 0.0964 e. The van der Waals surface area contributed by atoms with Gasteiger partial charge in [-0.25, -0.2) is 0 Å². The third-order valence-electron chi connectivity index (χ3n) is 3.57. The molecule has 1 unspecified atom stereocenters. The number of aliphatic hydroxyl groups excluding tert-OH is 1. The number of fused-ring (bicyclic) bond motifs is 2. The molecule has 0 spiro atoms. The molecule has 0 saturated carbocycles. The number of aliphatic hydroxyl groups is 1. The van der Waals surface area contributed by atoms with Gasteiger partial charge in [-0.15, -0.1) is 0 Å². The number of hydrogen-bond acceptors (Lipinski definition) is 3. The highest BCUT2D eigenvalue weighted by Gasteiger charge is 2.41. The molecule has 0 aliphatic carbocycles. The molecule has 3 heteroatoms. The van der Waals surface area contributed by atoms with Gasteiger partial charge in [0, 0.05) is 25.6 Å². The molecule has 2 aliphatic heterocycles. The van der Waals surface area contributed by atoms with Crippen LogP contribution in [0.4, 0.5) is 0 Å². The standard InChI is InChI=1S/C13H17NO2/c15-13-11-7-14(8-12(13)16-9-11)6-10-4-2-1-3-5-10/h1-5,11-13,15H,6-9H2/t11-,12-,13?/m0/s1. The third-order valence-corrected chi connectivity index (χ3v) is 3.57. The Hall–Kier alpha value is -0.900. The first-order chi connectivity index (χ1) is 7.83. The minimum atomic E-state index is -0.243. The Morgan fingerprint density at radius 1 is 1.25 bits per heavy atom. The van der Waals surface area contributed by atoms with Crippen LogP contribution in [-0.4, -0.2) is 41.9 Å². The van der Waals surface area contributed by atoms with Crippen molar-refractivity contribution in [2.75, 3.05) is 19.7 Å². The predicted molar refractivity (Wildman–Crippen MR) is 61.0 cm³/mol. The zero-order valence-corrected chi connectivity index (χ0v) is 9.25. The molecule has 3 nitrogen and oxygen atoms in total. The number of rotatable bonds is 2. The fourth-order valence-corrected chi connectivity index (χ4v) is 2.70. The molecule has 3 rings (SSSR count). The molecule has 0 amide bonds. The van der Waals surface area contributed by atoms with Crippen LogP contribution in [0.3, 0.4) is 0 Å². The van der Waals surface area contributed by atoms with Gasteiger partial charge in [0.1, 0.15) is 0 Å². The first-order valence-corrected chi connectivity index (χ1v) is 5.89. The van der Waals surface area contributed by atoms with E-state index in [-0.39, 0.29) is 12.2 Å². The van der Waals surface area contributed by atoms with Crippen LogP contribution < -0.4 is 0 Å². The van der Waals surface area contributed by atoms with E-state index in [1.54, 1.807) is 0 Å². The van der Waals surface area contributed by atoms with Crippen molar-refractivity contribution in [2.45, 2.75) is 18.8 Å². The summed E-state index contributed by atoms with van der Waals surface area (Å²) in [5.41, 5.74) is 1.33. The van der Waals surface area contributed by atoms with Crippen molar-refractivity contribution in [3.8, 4) is 0 Å². The minimum absolute atomic E-state index is 0.0301. The van der Waals surface area contributed by atoms with E-state index in [0.717, 1.165) is 26.2 Å². The van der Waals surface area contributed by atoms with Crippen molar-refractivity contribution in [3.63, 3.8) is 0 Å². The topological polar surface area (TPSA) is 32.7 Å². The second-order valence-corrected chi connectivity index (χ2v) is 4.80. The Kier molecular flexibility index (Phi) is 2.67. The van der Waals surface area contributed by atoms with Gasteiger partial charge in [-0.2, -0.15) is 0 Å². The van der Waals surface area contributed by atoms with Crippen molar-refractivity contribution in [1.29, 1.82) is 0 Å². The van der Waals surface area contributed by atoms with E-state index in [4.69, 9.17) is 4.74 Å². The Bertz CT molecular complexity index is 340. The zero-order chi connectivity index (χ0) is 11.0. The van der Waals surface area contributed by atoms with Gasteiger partial charge in [0.25, 0.3) is 0 Å². The molecule has 1 aromatic rings. The average molecular weight is 219 g/mol. The van der Waals surface area contributed by atoms with E-state index in [1.165, 1.54) is 5.56 Å². The van der Waals surface area contributed by atoms with Crippen molar-refractivity contribution < 1.29 is 9.84 Å². The van der Waals surface area contributed by atoms with Crippen LogP contribution in [0, 0.1) is 5.92 Å². The van der Waals surface area contributed by atoms with Crippen molar-refractivity contribution in [1.82, 2.24) is 4.90 Å². The molecule has 16 heavy (non-hydrogen) atoms. The monoisotopic (exact) mass is 219 g/mol. The molecular formula is C13H17NO2. The van der Waals surface area contributed by atoms with Gasteiger partial charge < -0.3 is 9.84 Å². The molecule has 0 radical (unpaired) electrons. The van der Waals surface area contributed by atoms with E-state index in [9.17, 15) is 5.11 Å². The molecule has 2 saturated heterocycles. The normalized spacial score (nSPS) is 34.2. The lowest BCUT2D eigenvalue weighted by molar-refractivity contribution is -0.0105. The molecule has 1 aromatic carbocycles. The molecule has 86 valence electrons. The summed E-state index contributed by atoms with van der Waals surface area (Å²) in [5.74, 6) is 0.308. The number of ether oxygens (including phenoxy) is 1. The highest BCUT2D eigenvalue weighted by Crippen LogP contribution is 2.28. The molecule has 1 N–H and O–H groups in total. The van der Waals surface area contributed by atoms with Crippen molar-refractivity contribution in [2.24, 2.45) is 5.92 Å². The zero-order valence-electron chi connectivity index (χ0n) is 9.25. The molecule has 2 bridgehead atoms. The van der Waals surface area contributed by atoms with E-state index in [0.29, 0.717) is 5.92 Å². The summed E-state index contributed by atoms with van der Waals surface area (Å²) >= 11 is 0. The van der Waals surface area contributed by atoms with Gasteiger partial charge in [0.05, 0.1) is 18.8 Å².